The van der Waals surface area contributed by atoms with Gasteiger partial charge in [-0.1, -0.05) is 72.8 Å². The lowest BCUT2D eigenvalue weighted by atomic mass is 10.1. The Labute approximate surface area is 191 Å². The second-order valence-corrected chi connectivity index (χ2v) is 7.12. The molecule has 33 heavy (non-hydrogen) atoms. The average molecular weight is 448 g/mol. The molecular weight excluding hydrogens is 424 g/mol. The van der Waals surface area contributed by atoms with E-state index in [1.165, 1.54) is 12.1 Å². The van der Waals surface area contributed by atoms with Gasteiger partial charge in [-0.05, 0) is 35.2 Å². The molecule has 8 heteroatoms. The summed E-state index contributed by atoms with van der Waals surface area (Å²) in [7, 11) is 0. The smallest absolute Gasteiger partial charge is 0.429 e. The van der Waals surface area contributed by atoms with Crippen LogP contribution in [0.5, 0.6) is 0 Å². The van der Waals surface area contributed by atoms with Crippen molar-refractivity contribution in [2.45, 2.75) is 19.6 Å². The molecule has 0 aliphatic carbocycles. The number of carboxylic acid groups (broad SMARTS) is 1. The maximum Gasteiger partial charge on any atom is 0.429 e. The molecule has 0 saturated carbocycles. The van der Waals surface area contributed by atoms with Crippen molar-refractivity contribution >= 4 is 18.2 Å². The number of carbonyl (C=O) groups is 3. The van der Waals surface area contributed by atoms with Crippen LogP contribution in [0.2, 0.25) is 0 Å². The minimum absolute atomic E-state index is 0.0459. The van der Waals surface area contributed by atoms with Crippen LogP contribution < -0.4 is 5.43 Å². The predicted molar refractivity (Wildman–Crippen MR) is 120 cm³/mol. The number of benzene rings is 3. The number of nitrogens with zero attached hydrogens (tertiary/aromatic N) is 1. The van der Waals surface area contributed by atoms with Gasteiger partial charge in [0, 0.05) is 0 Å². The molecule has 0 atom stereocenters. The molecule has 3 rings (SSSR count). The average Bonchev–Trinajstić information content (AvgIpc) is 2.85. The minimum atomic E-state index is -1.02. The number of amides is 2. The zero-order valence-electron chi connectivity index (χ0n) is 17.8. The summed E-state index contributed by atoms with van der Waals surface area (Å²) in [6.45, 7) is 0.195. The highest BCUT2D eigenvalue weighted by molar-refractivity contribution is 5.87. The van der Waals surface area contributed by atoms with Crippen molar-refractivity contribution in [1.82, 2.24) is 10.4 Å². The number of aromatic carboxylic acids is 1. The molecule has 0 unspecified atom stereocenters. The van der Waals surface area contributed by atoms with Crippen molar-refractivity contribution in [3.8, 4) is 0 Å². The topological polar surface area (TPSA) is 105 Å². The third kappa shape index (κ3) is 7.70. The van der Waals surface area contributed by atoms with E-state index in [0.717, 1.165) is 21.7 Å². The number of carbonyl (C=O) groups excluding carboxylic acids is 2. The lowest BCUT2D eigenvalue weighted by Crippen LogP contribution is -2.47. The van der Waals surface area contributed by atoms with Crippen LogP contribution >= 0.6 is 0 Å². The Morgan fingerprint density at radius 3 is 1.82 bits per heavy atom. The Morgan fingerprint density at radius 1 is 0.727 bits per heavy atom. The van der Waals surface area contributed by atoms with Gasteiger partial charge in [0.1, 0.15) is 13.2 Å². The Morgan fingerprint density at radius 2 is 1.27 bits per heavy atom. The SMILES string of the molecule is O=C(NN(CCc1ccc(C(=O)O)cc1)C(=O)OCc1ccccc1)OCc1ccccc1. The summed E-state index contributed by atoms with van der Waals surface area (Å²) in [5.74, 6) is -1.02. The largest absolute Gasteiger partial charge is 0.478 e. The molecule has 0 aliphatic heterocycles. The van der Waals surface area contributed by atoms with E-state index in [1.807, 2.05) is 60.7 Å². The van der Waals surface area contributed by atoms with Gasteiger partial charge in [-0.3, -0.25) is 0 Å². The van der Waals surface area contributed by atoms with Gasteiger partial charge in [0.15, 0.2) is 0 Å². The normalized spacial score (nSPS) is 10.2. The fourth-order valence-corrected chi connectivity index (χ4v) is 2.91. The van der Waals surface area contributed by atoms with Crippen LogP contribution in [0.1, 0.15) is 27.0 Å². The van der Waals surface area contributed by atoms with Crippen molar-refractivity contribution in [2.75, 3.05) is 6.54 Å². The summed E-state index contributed by atoms with van der Waals surface area (Å²) >= 11 is 0. The molecule has 2 amide bonds. The van der Waals surface area contributed by atoms with E-state index in [0.29, 0.717) is 6.42 Å². The molecule has 170 valence electrons. The van der Waals surface area contributed by atoms with Gasteiger partial charge in [0.2, 0.25) is 0 Å². The standard InChI is InChI=1S/C25H24N2O6/c28-23(29)22-13-11-19(12-14-22)15-16-27(25(31)33-18-21-9-5-2-6-10-21)26-24(30)32-17-20-7-3-1-4-8-20/h1-14H,15-18H2,(H,26,30)(H,28,29). The van der Waals surface area contributed by atoms with Crippen LogP contribution in [0.3, 0.4) is 0 Å². The predicted octanol–water partition coefficient (Wildman–Crippen LogP) is 4.41. The van der Waals surface area contributed by atoms with E-state index in [9.17, 15) is 14.4 Å². The molecule has 3 aromatic carbocycles. The lowest BCUT2D eigenvalue weighted by molar-refractivity contribution is 0.0648. The van der Waals surface area contributed by atoms with Crippen molar-refractivity contribution in [2.24, 2.45) is 0 Å². The quantitative estimate of drug-likeness (QED) is 0.495. The van der Waals surface area contributed by atoms with Gasteiger partial charge in [-0.2, -0.15) is 0 Å². The summed E-state index contributed by atoms with van der Waals surface area (Å²) < 4.78 is 10.5. The van der Waals surface area contributed by atoms with Gasteiger partial charge < -0.3 is 14.6 Å². The van der Waals surface area contributed by atoms with Crippen molar-refractivity contribution in [3.05, 3.63) is 107 Å². The lowest BCUT2D eigenvalue weighted by Gasteiger charge is -2.22. The zero-order valence-corrected chi connectivity index (χ0v) is 17.8. The first-order valence-electron chi connectivity index (χ1n) is 10.3. The van der Waals surface area contributed by atoms with Crippen LogP contribution in [0.25, 0.3) is 0 Å². The van der Waals surface area contributed by atoms with Crippen LogP contribution in [-0.4, -0.2) is 34.8 Å². The molecule has 3 aromatic rings. The van der Waals surface area contributed by atoms with E-state index in [1.54, 1.807) is 12.1 Å². The molecule has 0 radical (unpaired) electrons. The maximum absolute atomic E-state index is 12.6. The minimum Gasteiger partial charge on any atom is -0.478 e. The first kappa shape index (κ1) is 23.3. The second-order valence-electron chi connectivity index (χ2n) is 7.12. The van der Waals surface area contributed by atoms with Gasteiger partial charge in [-0.15, -0.1) is 0 Å². The maximum atomic E-state index is 12.6. The molecule has 8 nitrogen and oxygen atoms in total. The highest BCUT2D eigenvalue weighted by Gasteiger charge is 2.19. The van der Waals surface area contributed by atoms with Crippen LogP contribution in [-0.2, 0) is 29.1 Å². The molecule has 0 aromatic heterocycles. The molecule has 0 fully saturated rings. The van der Waals surface area contributed by atoms with E-state index in [4.69, 9.17) is 14.6 Å². The number of hydrazine groups is 1. The van der Waals surface area contributed by atoms with Crippen molar-refractivity contribution < 1.29 is 29.0 Å². The summed E-state index contributed by atoms with van der Waals surface area (Å²) in [6.07, 6.45) is -1.17. The molecule has 0 spiro atoms. The second kappa shape index (κ2) is 11.9. The van der Waals surface area contributed by atoms with Crippen molar-refractivity contribution in [1.29, 1.82) is 0 Å². The summed E-state index contributed by atoms with van der Waals surface area (Å²) in [5.41, 5.74) is 5.00. The number of rotatable bonds is 8. The van der Waals surface area contributed by atoms with Gasteiger partial charge in [-0.25, -0.2) is 24.8 Å². The number of ether oxygens (including phenoxy) is 2. The summed E-state index contributed by atoms with van der Waals surface area (Å²) in [5, 5.41) is 10.1. The van der Waals surface area contributed by atoms with Crippen molar-refractivity contribution in [3.63, 3.8) is 0 Å². The molecule has 0 saturated heterocycles. The Hall–Kier alpha value is -4.33. The van der Waals surface area contributed by atoms with Gasteiger partial charge in [0.25, 0.3) is 0 Å². The summed E-state index contributed by atoms with van der Waals surface area (Å²) in [6, 6.07) is 24.6. The Bertz CT molecular complexity index is 1060. The third-order valence-corrected chi connectivity index (χ3v) is 4.69. The van der Waals surface area contributed by atoms with Crippen LogP contribution in [0.15, 0.2) is 84.9 Å². The Kier molecular flexibility index (Phi) is 8.41. The molecule has 0 aliphatic rings. The van der Waals surface area contributed by atoms with E-state index >= 15 is 0 Å². The van der Waals surface area contributed by atoms with Crippen LogP contribution in [0.4, 0.5) is 9.59 Å². The Balaban J connectivity index is 1.60. The highest BCUT2D eigenvalue weighted by atomic mass is 16.6. The fraction of sp³-hybridized carbons (Fsp3) is 0.160. The number of nitrogens with one attached hydrogen (secondary N) is 1. The monoisotopic (exact) mass is 448 g/mol. The van der Waals surface area contributed by atoms with Gasteiger partial charge in [0.05, 0.1) is 12.1 Å². The summed E-state index contributed by atoms with van der Waals surface area (Å²) in [4.78, 5) is 35.9. The van der Waals surface area contributed by atoms with E-state index in [2.05, 4.69) is 5.43 Å². The van der Waals surface area contributed by atoms with Crippen LogP contribution in [0, 0.1) is 0 Å². The van der Waals surface area contributed by atoms with E-state index < -0.39 is 18.2 Å². The zero-order chi connectivity index (χ0) is 23.5. The van der Waals surface area contributed by atoms with E-state index in [-0.39, 0.29) is 25.3 Å². The molecular formula is C25H24N2O6. The number of carboxylic acids is 1. The molecule has 0 bridgehead atoms. The molecule has 0 heterocycles. The number of hydrogen-bond acceptors (Lipinski definition) is 5. The fourth-order valence-electron chi connectivity index (χ4n) is 2.91. The van der Waals surface area contributed by atoms with Gasteiger partial charge >= 0.3 is 18.2 Å². The first-order valence-corrected chi connectivity index (χ1v) is 10.3. The third-order valence-electron chi connectivity index (χ3n) is 4.69. The first-order chi connectivity index (χ1) is 16.0. The highest BCUT2D eigenvalue weighted by Crippen LogP contribution is 2.08. The number of hydrogen-bond donors (Lipinski definition) is 2. The molecule has 2 N–H and O–H groups in total.